The van der Waals surface area contributed by atoms with Crippen LogP contribution in [0.25, 0.3) is 0 Å². The topological polar surface area (TPSA) is 66.6 Å². The Hall–Kier alpha value is -2.37. The molecule has 2 rings (SSSR count). The van der Waals surface area contributed by atoms with E-state index in [2.05, 4.69) is 13.8 Å². The lowest BCUT2D eigenvalue weighted by atomic mass is 10.0. The average Bonchev–Trinajstić information content (AvgIpc) is 2.70. The van der Waals surface area contributed by atoms with Crippen LogP contribution in [0.2, 0.25) is 0 Å². The van der Waals surface area contributed by atoms with Gasteiger partial charge >= 0.3 is 0 Å². The van der Waals surface area contributed by atoms with Crippen molar-refractivity contribution in [2.24, 2.45) is 11.7 Å². The van der Waals surface area contributed by atoms with Crippen molar-refractivity contribution >= 4 is 29.9 Å². The molecule has 0 bridgehead atoms. The monoisotopic (exact) mass is 403 g/mol. The quantitative estimate of drug-likeness (QED) is 0.763. The number of rotatable bonds is 7. The molecule has 2 aromatic rings. The summed E-state index contributed by atoms with van der Waals surface area (Å²) in [7, 11) is 3.49. The lowest BCUT2D eigenvalue weighted by Gasteiger charge is -2.22. The van der Waals surface area contributed by atoms with E-state index in [1.807, 2.05) is 30.3 Å². The SMILES string of the molecule is CC(C)C(N)CCN(C)C(=O)c1cccc(C(=O)N(C)c2ccccc2)c1.Cl. The zero-order valence-corrected chi connectivity index (χ0v) is 17.8. The maximum Gasteiger partial charge on any atom is 0.258 e. The minimum Gasteiger partial charge on any atom is -0.342 e. The van der Waals surface area contributed by atoms with Crippen LogP contribution in [-0.4, -0.2) is 43.4 Å². The molecular weight excluding hydrogens is 374 g/mol. The van der Waals surface area contributed by atoms with Crippen molar-refractivity contribution in [3.8, 4) is 0 Å². The number of hydrogen-bond donors (Lipinski definition) is 1. The number of carbonyl (C=O) groups excluding carboxylic acids is 2. The summed E-state index contributed by atoms with van der Waals surface area (Å²) in [6.07, 6.45) is 0.745. The first kappa shape index (κ1) is 23.7. The van der Waals surface area contributed by atoms with E-state index in [-0.39, 0.29) is 30.3 Å². The van der Waals surface area contributed by atoms with Crippen molar-refractivity contribution in [3.05, 3.63) is 65.7 Å². The second kappa shape index (κ2) is 10.8. The molecule has 0 aliphatic heterocycles. The standard InChI is InChI=1S/C22H29N3O2.ClH/c1-16(2)20(23)13-14-24(3)21(26)17-9-8-10-18(15-17)22(27)25(4)19-11-6-5-7-12-19;/h5-12,15-16,20H,13-14,23H2,1-4H3;1H. The Bertz CT molecular complexity index is 780. The van der Waals surface area contributed by atoms with Gasteiger partial charge < -0.3 is 15.5 Å². The fourth-order valence-electron chi connectivity index (χ4n) is 2.75. The first-order valence-corrected chi connectivity index (χ1v) is 9.25. The molecule has 28 heavy (non-hydrogen) atoms. The van der Waals surface area contributed by atoms with E-state index < -0.39 is 0 Å². The summed E-state index contributed by atoms with van der Waals surface area (Å²) in [4.78, 5) is 28.7. The van der Waals surface area contributed by atoms with Gasteiger partial charge in [0, 0.05) is 43.5 Å². The Balaban J connectivity index is 0.00000392. The van der Waals surface area contributed by atoms with Gasteiger partial charge in [0.15, 0.2) is 0 Å². The maximum atomic E-state index is 12.8. The van der Waals surface area contributed by atoms with Gasteiger partial charge in [-0.25, -0.2) is 0 Å². The van der Waals surface area contributed by atoms with E-state index in [1.54, 1.807) is 48.2 Å². The Morgan fingerprint density at radius 3 is 2.07 bits per heavy atom. The van der Waals surface area contributed by atoms with E-state index in [0.29, 0.717) is 23.6 Å². The summed E-state index contributed by atoms with van der Waals surface area (Å²) in [6.45, 7) is 4.73. The fraction of sp³-hybridized carbons (Fsp3) is 0.364. The van der Waals surface area contributed by atoms with E-state index in [4.69, 9.17) is 5.73 Å². The second-order valence-electron chi connectivity index (χ2n) is 7.20. The molecule has 5 nitrogen and oxygen atoms in total. The number of hydrogen-bond acceptors (Lipinski definition) is 3. The van der Waals surface area contributed by atoms with Crippen LogP contribution in [0.3, 0.4) is 0 Å². The number of anilines is 1. The predicted molar refractivity (Wildman–Crippen MR) is 117 cm³/mol. The molecule has 2 aromatic carbocycles. The molecule has 0 saturated carbocycles. The number of halogens is 1. The third kappa shape index (κ3) is 6.08. The summed E-state index contributed by atoms with van der Waals surface area (Å²) in [5.74, 6) is 0.117. The van der Waals surface area contributed by atoms with Gasteiger partial charge in [-0.05, 0) is 42.7 Å². The van der Waals surface area contributed by atoms with Crippen molar-refractivity contribution in [3.63, 3.8) is 0 Å². The van der Waals surface area contributed by atoms with Crippen LogP contribution >= 0.6 is 12.4 Å². The zero-order chi connectivity index (χ0) is 20.0. The number of carbonyl (C=O) groups is 2. The number of benzene rings is 2. The van der Waals surface area contributed by atoms with Crippen LogP contribution in [0.1, 0.15) is 41.0 Å². The summed E-state index contributed by atoms with van der Waals surface area (Å²) in [5, 5.41) is 0. The molecular formula is C22H30ClN3O2. The third-order valence-electron chi connectivity index (χ3n) is 4.81. The molecule has 1 unspecified atom stereocenters. The van der Waals surface area contributed by atoms with Gasteiger partial charge in [0.2, 0.25) is 0 Å². The first-order chi connectivity index (χ1) is 12.8. The van der Waals surface area contributed by atoms with E-state index in [1.165, 1.54) is 0 Å². The van der Waals surface area contributed by atoms with Gasteiger partial charge in [0.05, 0.1) is 0 Å². The lowest BCUT2D eigenvalue weighted by Crippen LogP contribution is -2.34. The minimum atomic E-state index is -0.152. The normalized spacial score (nSPS) is 11.5. The zero-order valence-electron chi connectivity index (χ0n) is 17.0. The van der Waals surface area contributed by atoms with Crippen LogP contribution < -0.4 is 10.6 Å². The number of para-hydroxylation sites is 1. The Labute approximate surface area is 173 Å². The highest BCUT2D eigenvalue weighted by molar-refractivity contribution is 6.07. The van der Waals surface area contributed by atoms with Gasteiger partial charge in [0.25, 0.3) is 11.8 Å². The molecule has 0 heterocycles. The van der Waals surface area contributed by atoms with Crippen LogP contribution in [0.4, 0.5) is 5.69 Å². The highest BCUT2D eigenvalue weighted by Gasteiger charge is 2.18. The fourth-order valence-corrected chi connectivity index (χ4v) is 2.75. The second-order valence-corrected chi connectivity index (χ2v) is 7.20. The van der Waals surface area contributed by atoms with Gasteiger partial charge in [0.1, 0.15) is 0 Å². The minimum absolute atomic E-state index is 0. The summed E-state index contributed by atoms with van der Waals surface area (Å²) < 4.78 is 0. The third-order valence-corrected chi connectivity index (χ3v) is 4.81. The number of amides is 2. The smallest absolute Gasteiger partial charge is 0.258 e. The number of nitrogens with zero attached hydrogens (tertiary/aromatic N) is 2. The van der Waals surface area contributed by atoms with Crippen LogP contribution in [0.5, 0.6) is 0 Å². The summed E-state index contributed by atoms with van der Waals surface area (Å²) in [5.41, 5.74) is 7.86. The van der Waals surface area contributed by atoms with Crippen molar-refractivity contribution in [1.29, 1.82) is 0 Å². The van der Waals surface area contributed by atoms with Crippen molar-refractivity contribution < 1.29 is 9.59 Å². The van der Waals surface area contributed by atoms with E-state index in [0.717, 1.165) is 12.1 Å². The average molecular weight is 404 g/mol. The largest absolute Gasteiger partial charge is 0.342 e. The van der Waals surface area contributed by atoms with Crippen LogP contribution in [0, 0.1) is 5.92 Å². The van der Waals surface area contributed by atoms with Gasteiger partial charge in [-0.15, -0.1) is 12.4 Å². The molecule has 2 N–H and O–H groups in total. The van der Waals surface area contributed by atoms with Crippen molar-refractivity contribution in [2.75, 3.05) is 25.5 Å². The molecule has 0 spiro atoms. The van der Waals surface area contributed by atoms with Gasteiger partial charge in [-0.3, -0.25) is 9.59 Å². The molecule has 2 amide bonds. The number of nitrogens with two attached hydrogens (primary N) is 1. The Kier molecular flexibility index (Phi) is 9.16. The van der Waals surface area contributed by atoms with Crippen LogP contribution in [-0.2, 0) is 0 Å². The molecule has 6 heteroatoms. The van der Waals surface area contributed by atoms with E-state index in [9.17, 15) is 9.59 Å². The molecule has 152 valence electrons. The van der Waals surface area contributed by atoms with Crippen molar-refractivity contribution in [1.82, 2.24) is 4.90 Å². The van der Waals surface area contributed by atoms with Crippen molar-refractivity contribution in [2.45, 2.75) is 26.3 Å². The molecule has 0 aliphatic carbocycles. The van der Waals surface area contributed by atoms with E-state index >= 15 is 0 Å². The molecule has 0 fully saturated rings. The Morgan fingerprint density at radius 1 is 0.929 bits per heavy atom. The highest BCUT2D eigenvalue weighted by Crippen LogP contribution is 2.16. The van der Waals surface area contributed by atoms with Gasteiger partial charge in [-0.1, -0.05) is 38.1 Å². The molecule has 0 aromatic heterocycles. The lowest BCUT2D eigenvalue weighted by molar-refractivity contribution is 0.0789. The summed E-state index contributed by atoms with van der Waals surface area (Å²) in [6, 6.07) is 16.3. The predicted octanol–water partition coefficient (Wildman–Crippen LogP) is 3.83. The van der Waals surface area contributed by atoms with Crippen LogP contribution in [0.15, 0.2) is 54.6 Å². The summed E-state index contributed by atoms with van der Waals surface area (Å²) >= 11 is 0. The van der Waals surface area contributed by atoms with Gasteiger partial charge in [-0.2, -0.15) is 0 Å². The molecule has 1 atom stereocenters. The maximum absolute atomic E-state index is 12.8. The molecule has 0 radical (unpaired) electrons. The Morgan fingerprint density at radius 2 is 1.50 bits per heavy atom. The first-order valence-electron chi connectivity index (χ1n) is 9.25. The molecule has 0 saturated heterocycles. The highest BCUT2D eigenvalue weighted by atomic mass is 35.5. The molecule has 0 aliphatic rings.